The van der Waals surface area contributed by atoms with Gasteiger partial charge in [-0.25, -0.2) is 14.6 Å². The number of anilines is 1. The molecule has 3 aromatic heterocycles. The minimum atomic E-state index is -5.08. The largest absolute Gasteiger partial charge is 0.493 e. The van der Waals surface area contributed by atoms with Crippen molar-refractivity contribution in [2.24, 2.45) is 10.9 Å². The normalized spacial score (nSPS) is 20.6. The number of aromatic nitrogens is 6. The molecule has 0 spiro atoms. The molecular formula is C24H32F3N9O4. The molecule has 16 heteroatoms. The molecule has 5 rings (SSSR count). The van der Waals surface area contributed by atoms with Gasteiger partial charge in [-0.1, -0.05) is 13.8 Å². The van der Waals surface area contributed by atoms with Crippen LogP contribution in [0.5, 0.6) is 5.88 Å². The fourth-order valence-corrected chi connectivity index (χ4v) is 4.17. The number of imidazole rings is 1. The van der Waals surface area contributed by atoms with E-state index < -0.39 is 17.8 Å². The first-order chi connectivity index (χ1) is 18.9. The van der Waals surface area contributed by atoms with Crippen LogP contribution in [0.2, 0.25) is 0 Å². The van der Waals surface area contributed by atoms with E-state index in [2.05, 4.69) is 44.5 Å². The second-order valence-corrected chi connectivity index (χ2v) is 10.3. The van der Waals surface area contributed by atoms with Crippen LogP contribution in [-0.4, -0.2) is 76.6 Å². The van der Waals surface area contributed by atoms with Crippen molar-refractivity contribution < 1.29 is 28.2 Å². The van der Waals surface area contributed by atoms with E-state index in [0.29, 0.717) is 40.4 Å². The number of nitrogens with zero attached hydrogens (tertiary/aromatic N) is 5. The molecule has 0 bridgehead atoms. The van der Waals surface area contributed by atoms with Gasteiger partial charge < -0.3 is 25.8 Å². The molecule has 3 heterocycles. The lowest BCUT2D eigenvalue weighted by molar-refractivity contribution is -0.192. The summed E-state index contributed by atoms with van der Waals surface area (Å²) in [5.74, 6) is -1.80. The third-order valence-electron chi connectivity index (χ3n) is 6.38. The molecule has 6 N–H and O–H groups in total. The van der Waals surface area contributed by atoms with Crippen molar-refractivity contribution in [1.29, 1.82) is 0 Å². The third kappa shape index (κ3) is 7.80. The van der Waals surface area contributed by atoms with E-state index in [1.54, 1.807) is 16.8 Å². The van der Waals surface area contributed by atoms with E-state index in [4.69, 9.17) is 19.9 Å². The van der Waals surface area contributed by atoms with Crippen LogP contribution in [0.15, 0.2) is 16.0 Å². The number of aromatic amines is 2. The van der Waals surface area contributed by atoms with Gasteiger partial charge in [0.1, 0.15) is 5.69 Å². The average molecular weight is 568 g/mol. The monoisotopic (exact) mass is 567 g/mol. The third-order valence-corrected chi connectivity index (χ3v) is 6.38. The number of carboxylic acid groups (broad SMARTS) is 1. The van der Waals surface area contributed by atoms with E-state index >= 15 is 0 Å². The number of nitrogens with one attached hydrogen (secondary N) is 4. The van der Waals surface area contributed by atoms with Gasteiger partial charge in [0, 0.05) is 17.3 Å². The summed E-state index contributed by atoms with van der Waals surface area (Å²) in [5, 5.41) is 29.3. The van der Waals surface area contributed by atoms with Crippen molar-refractivity contribution in [3.63, 3.8) is 0 Å². The van der Waals surface area contributed by atoms with Crippen LogP contribution in [0, 0.1) is 5.92 Å². The Bertz CT molecular complexity index is 1500. The molecule has 0 radical (unpaired) electrons. The van der Waals surface area contributed by atoms with Gasteiger partial charge in [-0.2, -0.15) is 32.8 Å². The molecule has 0 aliphatic heterocycles. The van der Waals surface area contributed by atoms with Crippen molar-refractivity contribution in [2.75, 3.05) is 11.9 Å². The molecule has 0 saturated heterocycles. The second kappa shape index (κ2) is 12.1. The van der Waals surface area contributed by atoms with Crippen LogP contribution in [0.4, 0.5) is 19.1 Å². The van der Waals surface area contributed by atoms with E-state index in [9.17, 15) is 23.1 Å². The highest BCUT2D eigenvalue weighted by atomic mass is 19.4. The van der Waals surface area contributed by atoms with E-state index in [0.717, 1.165) is 45.1 Å². The Labute approximate surface area is 225 Å². The van der Waals surface area contributed by atoms with Crippen LogP contribution < -0.4 is 27.2 Å². The average Bonchev–Trinajstić information content (AvgIpc) is 3.51. The number of carbonyl (C=O) groups is 1. The van der Waals surface area contributed by atoms with E-state index in [1.165, 1.54) is 0 Å². The fraction of sp³-hybridized carbons (Fsp3) is 0.583. The Morgan fingerprint density at radius 2 is 1.82 bits per heavy atom. The summed E-state index contributed by atoms with van der Waals surface area (Å²) < 4.78 is 33.4. The summed E-state index contributed by atoms with van der Waals surface area (Å²) in [7, 11) is 0. The maximum absolute atomic E-state index is 11.5. The van der Waals surface area contributed by atoms with Crippen molar-refractivity contribution in [1.82, 2.24) is 34.9 Å². The summed E-state index contributed by atoms with van der Waals surface area (Å²) in [4.78, 5) is 39.4. The number of H-pyrrole nitrogens is 2. The van der Waals surface area contributed by atoms with Gasteiger partial charge in [0.05, 0.1) is 12.2 Å². The van der Waals surface area contributed by atoms with Gasteiger partial charge in [0.25, 0.3) is 5.62 Å². The van der Waals surface area contributed by atoms with Crippen molar-refractivity contribution in [3.05, 3.63) is 33.2 Å². The van der Waals surface area contributed by atoms with E-state index in [1.807, 2.05) is 0 Å². The molecule has 0 unspecified atom stereocenters. The van der Waals surface area contributed by atoms with Gasteiger partial charge in [-0.15, -0.1) is 0 Å². The highest BCUT2D eigenvalue weighted by Crippen LogP contribution is 2.23. The minimum Gasteiger partial charge on any atom is -0.493 e. The molecule has 0 atom stereocenters. The zero-order valence-electron chi connectivity index (χ0n) is 22.0. The number of hydrogen-bond acceptors (Lipinski definition) is 9. The van der Waals surface area contributed by atoms with Gasteiger partial charge >= 0.3 is 17.8 Å². The van der Waals surface area contributed by atoms with Crippen molar-refractivity contribution in [3.8, 4) is 5.88 Å². The smallest absolute Gasteiger partial charge is 0.490 e. The van der Waals surface area contributed by atoms with Crippen molar-refractivity contribution in [2.45, 2.75) is 76.7 Å². The summed E-state index contributed by atoms with van der Waals surface area (Å²) >= 11 is 0. The van der Waals surface area contributed by atoms with Gasteiger partial charge in [0.2, 0.25) is 11.8 Å². The molecule has 2 aliphatic carbocycles. The SMILES string of the molecule is CC(C)CNC1CCC(Nc2nc(=NC3CC3)n3ncc(=Cc4[nH]c(=O)[nH]c4O)c3n2)CC1.O=C(O)C(F)(F)F. The Kier molecular flexibility index (Phi) is 8.76. The molecule has 13 nitrogen and oxygen atoms in total. The number of rotatable bonds is 7. The quantitative estimate of drug-likeness (QED) is 0.243. The number of alkyl halides is 3. The number of hydrogen-bond donors (Lipinski definition) is 6. The van der Waals surface area contributed by atoms with Crippen LogP contribution in [0.1, 0.15) is 58.1 Å². The molecule has 40 heavy (non-hydrogen) atoms. The molecule has 218 valence electrons. The number of aromatic hydroxyl groups is 1. The molecule has 2 saturated carbocycles. The first-order valence-electron chi connectivity index (χ1n) is 13.0. The Morgan fingerprint density at radius 1 is 1.18 bits per heavy atom. The fourth-order valence-electron chi connectivity index (χ4n) is 4.17. The standard InChI is InChI=1S/C22H31N9O2.C2HF3O2/c1-12(2)10-23-14-3-5-15(6-4-14)25-20-28-18-13(9-17-19(32)29-22(33)27-17)11-24-31(18)21(30-20)26-16-7-8-16;3-2(4,5)1(6)7/h9,11-12,14-16,23,32H,3-8,10H2,1-2H3,(H,25,26,30)(H2,27,29,33);(H,6,7). The van der Waals surface area contributed by atoms with Crippen LogP contribution in [0.25, 0.3) is 11.7 Å². The van der Waals surface area contributed by atoms with Crippen LogP contribution in [0.3, 0.4) is 0 Å². The minimum absolute atomic E-state index is 0.225. The predicted octanol–water partition coefficient (Wildman–Crippen LogP) is 1.06. The number of aliphatic carboxylic acids is 1. The molecule has 3 aromatic rings. The maximum atomic E-state index is 11.5. The van der Waals surface area contributed by atoms with Gasteiger partial charge in [0.15, 0.2) is 5.65 Å². The predicted molar refractivity (Wildman–Crippen MR) is 137 cm³/mol. The lowest BCUT2D eigenvalue weighted by atomic mass is 9.91. The summed E-state index contributed by atoms with van der Waals surface area (Å²) in [6.07, 6.45) is 4.65. The molecule has 0 amide bonds. The highest BCUT2D eigenvalue weighted by Gasteiger charge is 2.38. The lowest BCUT2D eigenvalue weighted by Crippen LogP contribution is -2.39. The number of halogens is 3. The maximum Gasteiger partial charge on any atom is 0.490 e. The van der Waals surface area contributed by atoms with Crippen molar-refractivity contribution >= 4 is 23.6 Å². The molecule has 0 aromatic carbocycles. The second-order valence-electron chi connectivity index (χ2n) is 10.3. The van der Waals surface area contributed by atoms with Gasteiger partial charge in [-0.05, 0) is 57.1 Å². The highest BCUT2D eigenvalue weighted by molar-refractivity contribution is 5.73. The van der Waals surface area contributed by atoms with Crippen LogP contribution in [-0.2, 0) is 4.79 Å². The first-order valence-corrected chi connectivity index (χ1v) is 13.0. The number of fused-ring (bicyclic) bond motifs is 1. The summed E-state index contributed by atoms with van der Waals surface area (Å²) in [6, 6.07) is 1.15. The number of carboxylic acids is 1. The Morgan fingerprint density at radius 3 is 2.38 bits per heavy atom. The summed E-state index contributed by atoms with van der Waals surface area (Å²) in [5.41, 5.74) is 0.885. The Hall–Kier alpha value is -3.95. The zero-order valence-corrected chi connectivity index (χ0v) is 22.0. The van der Waals surface area contributed by atoms with Gasteiger partial charge in [-0.3, -0.25) is 4.98 Å². The molecular weight excluding hydrogens is 535 g/mol. The summed E-state index contributed by atoms with van der Waals surface area (Å²) in [6.45, 7) is 5.52. The lowest BCUT2D eigenvalue weighted by Gasteiger charge is -2.30. The Balaban J connectivity index is 0.000000470. The molecule has 2 aliphatic rings. The zero-order chi connectivity index (χ0) is 29.0. The first kappa shape index (κ1) is 29.0. The molecule has 2 fully saturated rings. The van der Waals surface area contributed by atoms with E-state index in [-0.39, 0.29) is 17.6 Å². The van der Waals surface area contributed by atoms with Crippen LogP contribution >= 0.6 is 0 Å². The topological polar surface area (TPSA) is 186 Å².